The summed E-state index contributed by atoms with van der Waals surface area (Å²) in [7, 11) is 0. The molecule has 1 N–H and O–H groups in total. The summed E-state index contributed by atoms with van der Waals surface area (Å²) in [6.45, 7) is 0.679. The van der Waals surface area contributed by atoms with Gasteiger partial charge in [0.1, 0.15) is 6.54 Å². The lowest BCUT2D eigenvalue weighted by Crippen LogP contribution is -2.33. The SMILES string of the molecule is Oc1c[n+](Cc2cnc(Cl)s2)c2c(C3CC3)cccn12. The number of pyridine rings is 1. The fourth-order valence-corrected chi connectivity index (χ4v) is 3.60. The Hall–Kier alpha value is -1.59. The van der Waals surface area contributed by atoms with Crippen molar-refractivity contribution in [3.63, 3.8) is 0 Å². The number of hydrogen-bond donors (Lipinski definition) is 1. The Labute approximate surface area is 124 Å². The van der Waals surface area contributed by atoms with Gasteiger partial charge in [0.15, 0.2) is 10.7 Å². The Morgan fingerprint density at radius 2 is 2.35 bits per heavy atom. The average molecular weight is 307 g/mol. The molecule has 0 atom stereocenters. The van der Waals surface area contributed by atoms with Crippen molar-refractivity contribution in [2.45, 2.75) is 25.3 Å². The molecule has 0 amide bonds. The Kier molecular flexibility index (Phi) is 2.72. The van der Waals surface area contributed by atoms with Crippen LogP contribution in [0.3, 0.4) is 0 Å². The van der Waals surface area contributed by atoms with Gasteiger partial charge in [0.05, 0.1) is 11.1 Å². The molecule has 0 bridgehead atoms. The Bertz CT molecular complexity index is 791. The van der Waals surface area contributed by atoms with Crippen LogP contribution in [-0.2, 0) is 6.54 Å². The van der Waals surface area contributed by atoms with Crippen molar-refractivity contribution < 1.29 is 9.67 Å². The lowest BCUT2D eigenvalue weighted by molar-refractivity contribution is -0.661. The predicted octanol–water partition coefficient (Wildman–Crippen LogP) is 2.97. The van der Waals surface area contributed by atoms with Crippen molar-refractivity contribution in [2.24, 2.45) is 0 Å². The van der Waals surface area contributed by atoms with Crippen LogP contribution in [0.15, 0.2) is 30.7 Å². The zero-order chi connectivity index (χ0) is 13.7. The van der Waals surface area contributed by atoms with E-state index in [4.69, 9.17) is 11.6 Å². The first kappa shape index (κ1) is 12.2. The second kappa shape index (κ2) is 4.46. The molecule has 0 spiro atoms. The summed E-state index contributed by atoms with van der Waals surface area (Å²) in [5.74, 6) is 0.891. The highest BCUT2D eigenvalue weighted by Crippen LogP contribution is 2.41. The Morgan fingerprint density at radius 1 is 1.50 bits per heavy atom. The van der Waals surface area contributed by atoms with E-state index in [1.165, 1.54) is 29.7 Å². The van der Waals surface area contributed by atoms with E-state index in [9.17, 15) is 5.11 Å². The summed E-state index contributed by atoms with van der Waals surface area (Å²) in [6.07, 6.45) is 7.93. The van der Waals surface area contributed by atoms with Crippen LogP contribution in [0, 0.1) is 0 Å². The molecule has 20 heavy (non-hydrogen) atoms. The summed E-state index contributed by atoms with van der Waals surface area (Å²) >= 11 is 7.36. The molecule has 4 rings (SSSR count). The molecule has 0 saturated heterocycles. The first-order valence-electron chi connectivity index (χ1n) is 6.55. The monoisotopic (exact) mass is 306 g/mol. The van der Waals surface area contributed by atoms with Gasteiger partial charge in [-0.2, -0.15) is 4.40 Å². The number of nitrogens with zero attached hydrogens (tertiary/aromatic N) is 3. The van der Waals surface area contributed by atoms with Crippen LogP contribution in [0.5, 0.6) is 5.88 Å². The maximum absolute atomic E-state index is 10.1. The largest absolute Gasteiger partial charge is 0.475 e. The maximum Gasteiger partial charge on any atom is 0.327 e. The molecule has 102 valence electrons. The molecule has 1 aliphatic carbocycles. The van der Waals surface area contributed by atoms with E-state index >= 15 is 0 Å². The number of thiazole rings is 1. The Balaban J connectivity index is 1.86. The van der Waals surface area contributed by atoms with Gasteiger partial charge in [-0.15, -0.1) is 11.3 Å². The van der Waals surface area contributed by atoms with E-state index in [-0.39, 0.29) is 5.88 Å². The molecule has 1 saturated carbocycles. The molecular formula is C14H13ClN3OS+. The fraction of sp³-hybridized carbons (Fsp3) is 0.286. The number of hydrogen-bond acceptors (Lipinski definition) is 3. The molecule has 6 heteroatoms. The number of rotatable bonds is 3. The molecule has 0 unspecified atom stereocenters. The topological polar surface area (TPSA) is 41.4 Å². The van der Waals surface area contributed by atoms with Crippen molar-refractivity contribution in [3.05, 3.63) is 45.6 Å². The van der Waals surface area contributed by atoms with Crippen molar-refractivity contribution in [1.29, 1.82) is 0 Å². The van der Waals surface area contributed by atoms with Crippen LogP contribution < -0.4 is 4.57 Å². The summed E-state index contributed by atoms with van der Waals surface area (Å²) in [4.78, 5) is 5.15. The third kappa shape index (κ3) is 1.98. The molecular weight excluding hydrogens is 294 g/mol. The quantitative estimate of drug-likeness (QED) is 0.756. The van der Waals surface area contributed by atoms with E-state index in [2.05, 4.69) is 15.6 Å². The van der Waals surface area contributed by atoms with E-state index < -0.39 is 0 Å². The minimum Gasteiger partial charge on any atom is -0.475 e. The first-order valence-corrected chi connectivity index (χ1v) is 7.74. The van der Waals surface area contributed by atoms with Gasteiger partial charge in [-0.25, -0.2) is 9.55 Å². The lowest BCUT2D eigenvalue weighted by atomic mass is 10.2. The van der Waals surface area contributed by atoms with Crippen LogP contribution in [0.2, 0.25) is 4.47 Å². The fourth-order valence-electron chi connectivity index (χ4n) is 2.63. The van der Waals surface area contributed by atoms with Gasteiger partial charge in [-0.1, -0.05) is 11.6 Å². The van der Waals surface area contributed by atoms with Gasteiger partial charge < -0.3 is 5.11 Å². The molecule has 3 aromatic heterocycles. The predicted molar refractivity (Wildman–Crippen MR) is 77.5 cm³/mol. The van der Waals surface area contributed by atoms with Gasteiger partial charge in [0.2, 0.25) is 0 Å². The summed E-state index contributed by atoms with van der Waals surface area (Å²) < 4.78 is 4.47. The minimum absolute atomic E-state index is 0.262. The van der Waals surface area contributed by atoms with Crippen LogP contribution in [0.4, 0.5) is 0 Å². The zero-order valence-electron chi connectivity index (χ0n) is 10.7. The molecule has 1 fully saturated rings. The van der Waals surface area contributed by atoms with Gasteiger partial charge in [0, 0.05) is 11.8 Å². The minimum atomic E-state index is 0.262. The van der Waals surface area contributed by atoms with Crippen molar-refractivity contribution in [2.75, 3.05) is 0 Å². The van der Waals surface area contributed by atoms with Gasteiger partial charge in [0.25, 0.3) is 5.65 Å². The number of aromatic hydroxyl groups is 1. The molecule has 1 aliphatic rings. The Morgan fingerprint density at radius 3 is 3.05 bits per heavy atom. The molecule has 3 aromatic rings. The maximum atomic E-state index is 10.1. The van der Waals surface area contributed by atoms with Crippen molar-refractivity contribution in [3.8, 4) is 5.88 Å². The molecule has 0 aliphatic heterocycles. The van der Waals surface area contributed by atoms with Gasteiger partial charge >= 0.3 is 5.88 Å². The number of fused-ring (bicyclic) bond motifs is 1. The summed E-state index contributed by atoms with van der Waals surface area (Å²) in [5.41, 5.74) is 2.38. The molecule has 4 nitrogen and oxygen atoms in total. The van der Waals surface area contributed by atoms with Crippen LogP contribution >= 0.6 is 22.9 Å². The van der Waals surface area contributed by atoms with E-state index in [0.29, 0.717) is 16.9 Å². The highest BCUT2D eigenvalue weighted by Gasteiger charge is 2.31. The second-order valence-corrected chi connectivity index (χ2v) is 6.82. The highest BCUT2D eigenvalue weighted by atomic mass is 35.5. The van der Waals surface area contributed by atoms with Crippen LogP contribution in [-0.4, -0.2) is 14.5 Å². The first-order chi connectivity index (χ1) is 9.72. The van der Waals surface area contributed by atoms with E-state index in [1.807, 2.05) is 16.7 Å². The number of imidazole rings is 1. The van der Waals surface area contributed by atoms with Crippen molar-refractivity contribution in [1.82, 2.24) is 9.38 Å². The summed E-state index contributed by atoms with van der Waals surface area (Å²) in [5, 5.41) is 10.1. The van der Waals surface area contributed by atoms with Gasteiger partial charge in [-0.3, -0.25) is 0 Å². The second-order valence-electron chi connectivity index (χ2n) is 5.13. The molecule has 0 aromatic carbocycles. The van der Waals surface area contributed by atoms with Gasteiger partial charge in [-0.05, 0) is 30.9 Å². The average Bonchev–Trinajstić information content (AvgIpc) is 3.14. The summed E-state index contributed by atoms with van der Waals surface area (Å²) in [6, 6.07) is 4.15. The van der Waals surface area contributed by atoms with E-state index in [1.54, 1.807) is 12.4 Å². The normalized spacial score (nSPS) is 15.1. The molecule has 0 radical (unpaired) electrons. The number of halogens is 1. The van der Waals surface area contributed by atoms with E-state index in [0.717, 1.165) is 10.5 Å². The van der Waals surface area contributed by atoms with Crippen LogP contribution in [0.1, 0.15) is 29.2 Å². The zero-order valence-corrected chi connectivity index (χ0v) is 12.2. The standard InChI is InChI=1S/C14H12ClN3OS/c15-14-16-6-10(20-14)7-17-8-12(19)18-5-1-2-11(13(17)18)9-3-4-9/h1-2,5-6,8-9H,3-4,7H2/p+1. The molecule has 3 heterocycles. The number of aromatic nitrogens is 3. The highest BCUT2D eigenvalue weighted by molar-refractivity contribution is 7.15. The lowest BCUT2D eigenvalue weighted by Gasteiger charge is -2.00. The third-order valence-electron chi connectivity index (χ3n) is 3.66. The smallest absolute Gasteiger partial charge is 0.327 e. The van der Waals surface area contributed by atoms with Crippen molar-refractivity contribution >= 4 is 28.6 Å². The van der Waals surface area contributed by atoms with Crippen LogP contribution in [0.25, 0.3) is 5.65 Å². The third-order valence-corrected chi connectivity index (χ3v) is 4.76.